The number of nitrogens with one attached hydrogen (secondary N) is 2. The van der Waals surface area contributed by atoms with Gasteiger partial charge in [0, 0.05) is 25.7 Å². The molecule has 0 bridgehead atoms. The number of hydrogen-bond donors (Lipinski definition) is 2. The largest absolute Gasteiger partial charge is 0.444 e. The van der Waals surface area contributed by atoms with Gasteiger partial charge in [-0.25, -0.2) is 4.79 Å². The first-order chi connectivity index (χ1) is 9.28. The van der Waals surface area contributed by atoms with Crippen molar-refractivity contribution >= 4 is 6.09 Å². The van der Waals surface area contributed by atoms with Crippen LogP contribution in [0.5, 0.6) is 0 Å². The van der Waals surface area contributed by atoms with Gasteiger partial charge in [0.05, 0.1) is 6.61 Å². The van der Waals surface area contributed by atoms with Crippen LogP contribution >= 0.6 is 0 Å². The topological polar surface area (TPSA) is 59.6 Å². The van der Waals surface area contributed by atoms with Gasteiger partial charge < -0.3 is 20.1 Å². The lowest BCUT2D eigenvalue weighted by molar-refractivity contribution is 0.0526. The summed E-state index contributed by atoms with van der Waals surface area (Å²) in [5, 5.41) is 6.16. The minimum Gasteiger partial charge on any atom is -0.444 e. The highest BCUT2D eigenvalue weighted by Crippen LogP contribution is 2.06. The van der Waals surface area contributed by atoms with E-state index < -0.39 is 5.60 Å². The Morgan fingerprint density at radius 3 is 2.55 bits per heavy atom. The monoisotopic (exact) mass is 286 g/mol. The van der Waals surface area contributed by atoms with E-state index in [4.69, 9.17) is 9.47 Å². The average molecular weight is 286 g/mol. The van der Waals surface area contributed by atoms with Crippen LogP contribution in [0.3, 0.4) is 0 Å². The van der Waals surface area contributed by atoms with Gasteiger partial charge in [0.2, 0.25) is 0 Å². The molecule has 0 aromatic carbocycles. The van der Waals surface area contributed by atoms with Gasteiger partial charge >= 0.3 is 6.09 Å². The second-order valence-corrected chi connectivity index (χ2v) is 5.91. The van der Waals surface area contributed by atoms with Gasteiger partial charge in [-0.2, -0.15) is 0 Å². The van der Waals surface area contributed by atoms with E-state index in [2.05, 4.69) is 24.1 Å². The van der Waals surface area contributed by atoms with Crippen LogP contribution in [-0.4, -0.2) is 44.0 Å². The quantitative estimate of drug-likeness (QED) is 0.505. The van der Waals surface area contributed by atoms with E-state index in [0.29, 0.717) is 13.2 Å². The van der Waals surface area contributed by atoms with Crippen molar-refractivity contribution in [2.45, 2.75) is 58.2 Å². The number of hydrogen-bond acceptors (Lipinski definition) is 4. The Balaban J connectivity index is 3.88. The standard InChI is InChI=1S/C15H30N2O3/c1-7-12(2)17-13(11-19-6)9-8-10-16-14(18)20-15(3,4)5/h7,12-13,17H,1,8-11H2,2-6H3,(H,16,18). The molecule has 118 valence electrons. The van der Waals surface area contributed by atoms with Gasteiger partial charge in [0.15, 0.2) is 0 Å². The predicted octanol–water partition coefficient (Wildman–Crippen LogP) is 2.47. The van der Waals surface area contributed by atoms with Crippen LogP contribution in [0.25, 0.3) is 0 Å². The highest BCUT2D eigenvalue weighted by Gasteiger charge is 2.16. The van der Waals surface area contributed by atoms with Crippen LogP contribution in [-0.2, 0) is 9.47 Å². The molecule has 0 saturated carbocycles. The van der Waals surface area contributed by atoms with E-state index in [1.54, 1.807) is 7.11 Å². The molecule has 0 heterocycles. The van der Waals surface area contributed by atoms with Gasteiger partial charge in [-0.05, 0) is 40.5 Å². The van der Waals surface area contributed by atoms with Crippen molar-refractivity contribution in [1.82, 2.24) is 10.6 Å². The molecule has 0 fully saturated rings. The van der Waals surface area contributed by atoms with Crippen molar-refractivity contribution in [2.75, 3.05) is 20.3 Å². The van der Waals surface area contributed by atoms with Crippen molar-refractivity contribution < 1.29 is 14.3 Å². The van der Waals surface area contributed by atoms with E-state index in [1.165, 1.54) is 0 Å². The summed E-state index contributed by atoms with van der Waals surface area (Å²) in [6.45, 7) is 12.6. The minimum absolute atomic E-state index is 0.244. The minimum atomic E-state index is -0.455. The summed E-state index contributed by atoms with van der Waals surface area (Å²) in [6.07, 6.45) is 3.28. The number of amides is 1. The van der Waals surface area contributed by atoms with Crippen LogP contribution in [0.4, 0.5) is 4.79 Å². The maximum absolute atomic E-state index is 11.5. The fraction of sp³-hybridized carbons (Fsp3) is 0.800. The van der Waals surface area contributed by atoms with Gasteiger partial charge in [0.1, 0.15) is 5.60 Å². The van der Waals surface area contributed by atoms with Gasteiger partial charge in [-0.1, -0.05) is 6.08 Å². The molecule has 0 rings (SSSR count). The molecule has 0 aliphatic heterocycles. The molecule has 2 N–H and O–H groups in total. The molecule has 0 spiro atoms. The molecule has 0 aliphatic rings. The average Bonchev–Trinajstić information content (AvgIpc) is 2.32. The van der Waals surface area contributed by atoms with Crippen molar-refractivity contribution in [1.29, 1.82) is 0 Å². The Kier molecular flexibility index (Phi) is 9.25. The van der Waals surface area contributed by atoms with Crippen LogP contribution < -0.4 is 10.6 Å². The van der Waals surface area contributed by atoms with Crippen molar-refractivity contribution in [3.8, 4) is 0 Å². The van der Waals surface area contributed by atoms with Gasteiger partial charge in [-0.3, -0.25) is 0 Å². The molecule has 5 nitrogen and oxygen atoms in total. The number of carbonyl (C=O) groups is 1. The third kappa shape index (κ3) is 10.8. The molecule has 0 aromatic rings. The summed E-state index contributed by atoms with van der Waals surface area (Å²) in [5.74, 6) is 0. The lowest BCUT2D eigenvalue weighted by Crippen LogP contribution is -2.39. The molecular formula is C15H30N2O3. The molecule has 0 aromatic heterocycles. The molecular weight excluding hydrogens is 256 g/mol. The lowest BCUT2D eigenvalue weighted by atomic mass is 10.1. The number of alkyl carbamates (subject to hydrolysis) is 1. The molecule has 2 unspecified atom stereocenters. The first-order valence-electron chi connectivity index (χ1n) is 7.13. The third-order valence-electron chi connectivity index (χ3n) is 2.62. The van der Waals surface area contributed by atoms with Crippen molar-refractivity contribution in [2.24, 2.45) is 0 Å². The summed E-state index contributed by atoms with van der Waals surface area (Å²) >= 11 is 0. The molecule has 1 amide bonds. The number of ether oxygens (including phenoxy) is 2. The molecule has 5 heteroatoms. The maximum atomic E-state index is 11.5. The zero-order valence-electron chi connectivity index (χ0n) is 13.5. The van der Waals surface area contributed by atoms with Crippen molar-refractivity contribution in [3.63, 3.8) is 0 Å². The lowest BCUT2D eigenvalue weighted by Gasteiger charge is -2.22. The molecule has 0 radical (unpaired) electrons. The highest BCUT2D eigenvalue weighted by molar-refractivity contribution is 5.67. The Morgan fingerprint density at radius 2 is 2.05 bits per heavy atom. The summed E-state index contributed by atoms with van der Waals surface area (Å²) in [7, 11) is 1.69. The van der Waals surface area contributed by atoms with E-state index in [9.17, 15) is 4.79 Å². The smallest absolute Gasteiger partial charge is 0.407 e. The van der Waals surface area contributed by atoms with Crippen molar-refractivity contribution in [3.05, 3.63) is 12.7 Å². The van der Waals surface area contributed by atoms with E-state index in [0.717, 1.165) is 12.8 Å². The number of carbonyl (C=O) groups excluding carboxylic acids is 1. The number of rotatable bonds is 9. The maximum Gasteiger partial charge on any atom is 0.407 e. The zero-order chi connectivity index (χ0) is 15.6. The van der Waals surface area contributed by atoms with Crippen LogP contribution in [0.2, 0.25) is 0 Å². The summed E-state index contributed by atoms with van der Waals surface area (Å²) in [4.78, 5) is 11.5. The fourth-order valence-electron chi connectivity index (χ4n) is 1.71. The molecule has 0 aliphatic carbocycles. The Bertz CT molecular complexity index is 287. The Morgan fingerprint density at radius 1 is 1.40 bits per heavy atom. The van der Waals surface area contributed by atoms with Crippen LogP contribution in [0.1, 0.15) is 40.5 Å². The third-order valence-corrected chi connectivity index (χ3v) is 2.62. The summed E-state index contributed by atoms with van der Waals surface area (Å²) in [5.41, 5.74) is -0.455. The second-order valence-electron chi connectivity index (χ2n) is 5.91. The predicted molar refractivity (Wildman–Crippen MR) is 81.9 cm³/mol. The normalized spacial score (nSPS) is 14.4. The Hall–Kier alpha value is -1.07. The zero-order valence-corrected chi connectivity index (χ0v) is 13.5. The van der Waals surface area contributed by atoms with Gasteiger partial charge in [0.25, 0.3) is 0 Å². The SMILES string of the molecule is C=CC(C)NC(CCCNC(=O)OC(C)(C)C)COC. The molecule has 20 heavy (non-hydrogen) atoms. The summed E-state index contributed by atoms with van der Waals surface area (Å²) < 4.78 is 10.4. The molecule has 2 atom stereocenters. The summed E-state index contributed by atoms with van der Waals surface area (Å²) in [6, 6.07) is 0.502. The number of methoxy groups -OCH3 is 1. The first-order valence-corrected chi connectivity index (χ1v) is 7.13. The van der Waals surface area contributed by atoms with E-state index >= 15 is 0 Å². The Labute approximate surface area is 123 Å². The second kappa shape index (κ2) is 9.77. The first kappa shape index (κ1) is 18.9. The fourth-order valence-corrected chi connectivity index (χ4v) is 1.71. The van der Waals surface area contributed by atoms with E-state index in [1.807, 2.05) is 26.8 Å². The van der Waals surface area contributed by atoms with Crippen LogP contribution in [0, 0.1) is 0 Å². The van der Waals surface area contributed by atoms with Gasteiger partial charge in [-0.15, -0.1) is 6.58 Å². The highest BCUT2D eigenvalue weighted by atomic mass is 16.6. The van der Waals surface area contributed by atoms with E-state index in [-0.39, 0.29) is 18.2 Å². The molecule has 0 saturated heterocycles. The van der Waals surface area contributed by atoms with Crippen LogP contribution in [0.15, 0.2) is 12.7 Å².